The number of hydrogen-bond donors (Lipinski definition) is 1. The van der Waals surface area contributed by atoms with Gasteiger partial charge < -0.3 is 5.73 Å². The second kappa shape index (κ2) is 4.84. The van der Waals surface area contributed by atoms with Crippen LogP contribution < -0.4 is 5.73 Å². The molecule has 2 N–H and O–H groups in total. The van der Waals surface area contributed by atoms with Crippen molar-refractivity contribution in [1.82, 2.24) is 4.90 Å². The van der Waals surface area contributed by atoms with Gasteiger partial charge in [0.1, 0.15) is 0 Å². The second-order valence-electron chi connectivity index (χ2n) is 5.55. The number of nitrogens with zero attached hydrogens (tertiary/aromatic N) is 1. The molecule has 2 heteroatoms. The third kappa shape index (κ3) is 2.36. The summed E-state index contributed by atoms with van der Waals surface area (Å²) in [4.78, 5) is 2.69. The molecule has 0 spiro atoms. The Labute approximate surface area is 94.2 Å². The minimum atomic E-state index is 0.438. The van der Waals surface area contributed by atoms with Crippen LogP contribution in [-0.4, -0.2) is 29.6 Å². The van der Waals surface area contributed by atoms with E-state index < -0.39 is 0 Å². The zero-order valence-corrected chi connectivity index (χ0v) is 10.3. The minimum Gasteiger partial charge on any atom is -0.326 e. The molecule has 4 atom stereocenters. The van der Waals surface area contributed by atoms with E-state index in [1.807, 2.05) is 0 Å². The van der Waals surface area contributed by atoms with E-state index in [1.54, 1.807) is 0 Å². The molecule has 0 radical (unpaired) electrons. The van der Waals surface area contributed by atoms with E-state index >= 15 is 0 Å². The Morgan fingerprint density at radius 1 is 1.27 bits per heavy atom. The molecular formula is C13H26N2. The molecule has 1 saturated carbocycles. The number of nitrogens with two attached hydrogens (primary N) is 1. The summed E-state index contributed by atoms with van der Waals surface area (Å²) in [6, 6.07) is 1.89. The highest BCUT2D eigenvalue weighted by Gasteiger charge is 2.35. The molecule has 0 amide bonds. The zero-order chi connectivity index (χ0) is 10.8. The molecule has 1 aliphatic carbocycles. The quantitative estimate of drug-likeness (QED) is 0.758. The summed E-state index contributed by atoms with van der Waals surface area (Å²) in [6.07, 6.45) is 8.04. The van der Waals surface area contributed by atoms with Crippen LogP contribution in [0.3, 0.4) is 0 Å². The minimum absolute atomic E-state index is 0.438. The van der Waals surface area contributed by atoms with E-state index in [0.717, 1.165) is 12.0 Å². The third-order valence-electron chi connectivity index (χ3n) is 4.58. The SMILES string of the molecule is CCC1CCC(N)C(N2CCCC2C)C1. The molecular weight excluding hydrogens is 184 g/mol. The lowest BCUT2D eigenvalue weighted by molar-refractivity contribution is 0.105. The van der Waals surface area contributed by atoms with Crippen LogP contribution >= 0.6 is 0 Å². The summed E-state index contributed by atoms with van der Waals surface area (Å²) >= 11 is 0. The van der Waals surface area contributed by atoms with Gasteiger partial charge in [0.15, 0.2) is 0 Å². The van der Waals surface area contributed by atoms with Gasteiger partial charge in [-0.1, -0.05) is 13.3 Å². The smallest absolute Gasteiger partial charge is 0.0252 e. The Hall–Kier alpha value is -0.0800. The maximum Gasteiger partial charge on any atom is 0.0252 e. The van der Waals surface area contributed by atoms with Crippen molar-refractivity contribution < 1.29 is 0 Å². The van der Waals surface area contributed by atoms with Crippen LogP contribution in [0.2, 0.25) is 0 Å². The molecule has 0 aromatic heterocycles. The fourth-order valence-electron chi connectivity index (χ4n) is 3.46. The monoisotopic (exact) mass is 210 g/mol. The summed E-state index contributed by atoms with van der Waals surface area (Å²) in [7, 11) is 0. The van der Waals surface area contributed by atoms with Gasteiger partial charge in [-0.05, 0) is 51.5 Å². The van der Waals surface area contributed by atoms with E-state index in [1.165, 1.54) is 45.1 Å². The van der Waals surface area contributed by atoms with E-state index in [-0.39, 0.29) is 0 Å². The first-order valence-corrected chi connectivity index (χ1v) is 6.73. The maximum absolute atomic E-state index is 6.30. The molecule has 15 heavy (non-hydrogen) atoms. The Morgan fingerprint density at radius 2 is 2.07 bits per heavy atom. The molecule has 4 unspecified atom stereocenters. The van der Waals surface area contributed by atoms with Crippen LogP contribution in [0.4, 0.5) is 0 Å². The molecule has 1 aliphatic heterocycles. The fourth-order valence-corrected chi connectivity index (χ4v) is 3.46. The highest BCUT2D eigenvalue weighted by molar-refractivity contribution is 4.92. The van der Waals surface area contributed by atoms with Gasteiger partial charge in [-0.3, -0.25) is 4.90 Å². The molecule has 0 aromatic rings. The molecule has 1 heterocycles. The van der Waals surface area contributed by atoms with Crippen molar-refractivity contribution in [2.75, 3.05) is 6.54 Å². The molecule has 2 fully saturated rings. The number of likely N-dealkylation sites (tertiary alicyclic amines) is 1. The second-order valence-corrected chi connectivity index (χ2v) is 5.55. The van der Waals surface area contributed by atoms with Crippen molar-refractivity contribution in [3.8, 4) is 0 Å². The lowest BCUT2D eigenvalue weighted by atomic mass is 9.80. The Morgan fingerprint density at radius 3 is 2.67 bits per heavy atom. The normalized spacial score (nSPS) is 43.4. The van der Waals surface area contributed by atoms with Crippen molar-refractivity contribution >= 4 is 0 Å². The van der Waals surface area contributed by atoms with E-state index in [0.29, 0.717) is 12.1 Å². The molecule has 0 aromatic carbocycles. The fraction of sp³-hybridized carbons (Fsp3) is 1.00. The first-order valence-electron chi connectivity index (χ1n) is 6.73. The first kappa shape index (κ1) is 11.4. The molecule has 0 bridgehead atoms. The van der Waals surface area contributed by atoms with Gasteiger partial charge in [0.25, 0.3) is 0 Å². The molecule has 2 aliphatic rings. The topological polar surface area (TPSA) is 29.3 Å². The van der Waals surface area contributed by atoms with E-state index in [9.17, 15) is 0 Å². The van der Waals surface area contributed by atoms with Crippen molar-refractivity contribution in [3.63, 3.8) is 0 Å². The van der Waals surface area contributed by atoms with Gasteiger partial charge in [0, 0.05) is 18.1 Å². The average Bonchev–Trinajstić information content (AvgIpc) is 2.65. The Balaban J connectivity index is 1.98. The molecule has 1 saturated heterocycles. The van der Waals surface area contributed by atoms with Gasteiger partial charge in [-0.2, -0.15) is 0 Å². The van der Waals surface area contributed by atoms with Gasteiger partial charge in [-0.25, -0.2) is 0 Å². The van der Waals surface area contributed by atoms with E-state index in [2.05, 4.69) is 18.7 Å². The van der Waals surface area contributed by atoms with Gasteiger partial charge in [0.05, 0.1) is 0 Å². The number of hydrogen-bond acceptors (Lipinski definition) is 2. The summed E-state index contributed by atoms with van der Waals surface area (Å²) in [5.74, 6) is 0.933. The Bertz CT molecular complexity index is 205. The van der Waals surface area contributed by atoms with Crippen LogP contribution in [0.25, 0.3) is 0 Å². The maximum atomic E-state index is 6.30. The lowest BCUT2D eigenvalue weighted by Crippen LogP contribution is -2.52. The van der Waals surface area contributed by atoms with Gasteiger partial charge >= 0.3 is 0 Å². The van der Waals surface area contributed by atoms with Crippen molar-refractivity contribution in [3.05, 3.63) is 0 Å². The molecule has 2 rings (SSSR count). The lowest BCUT2D eigenvalue weighted by Gasteiger charge is -2.41. The first-order chi connectivity index (χ1) is 7.22. The summed E-state index contributed by atoms with van der Waals surface area (Å²) < 4.78 is 0. The highest BCUT2D eigenvalue weighted by atomic mass is 15.2. The predicted molar refractivity (Wildman–Crippen MR) is 64.8 cm³/mol. The largest absolute Gasteiger partial charge is 0.326 e. The van der Waals surface area contributed by atoms with E-state index in [4.69, 9.17) is 5.73 Å². The average molecular weight is 210 g/mol. The summed E-state index contributed by atoms with van der Waals surface area (Å²) in [5.41, 5.74) is 6.30. The third-order valence-corrected chi connectivity index (χ3v) is 4.58. The van der Waals surface area contributed by atoms with Crippen molar-refractivity contribution in [1.29, 1.82) is 0 Å². The molecule has 2 nitrogen and oxygen atoms in total. The predicted octanol–water partition coefficient (Wildman–Crippen LogP) is 2.38. The standard InChI is InChI=1S/C13H26N2/c1-3-11-6-7-12(14)13(9-11)15-8-4-5-10(15)2/h10-13H,3-9,14H2,1-2H3. The number of rotatable bonds is 2. The summed E-state index contributed by atoms with van der Waals surface area (Å²) in [6.45, 7) is 5.98. The van der Waals surface area contributed by atoms with Gasteiger partial charge in [-0.15, -0.1) is 0 Å². The van der Waals surface area contributed by atoms with Gasteiger partial charge in [0.2, 0.25) is 0 Å². The van der Waals surface area contributed by atoms with Crippen molar-refractivity contribution in [2.45, 2.75) is 70.5 Å². The Kier molecular flexibility index (Phi) is 3.68. The van der Waals surface area contributed by atoms with Crippen LogP contribution in [0, 0.1) is 5.92 Å². The molecule has 88 valence electrons. The van der Waals surface area contributed by atoms with Crippen LogP contribution in [0.5, 0.6) is 0 Å². The summed E-state index contributed by atoms with van der Waals surface area (Å²) in [5, 5.41) is 0. The van der Waals surface area contributed by atoms with Crippen molar-refractivity contribution in [2.24, 2.45) is 11.7 Å². The van der Waals surface area contributed by atoms with Crippen LogP contribution in [0.1, 0.15) is 52.4 Å². The zero-order valence-electron chi connectivity index (χ0n) is 10.3. The van der Waals surface area contributed by atoms with Crippen LogP contribution in [0.15, 0.2) is 0 Å². The highest BCUT2D eigenvalue weighted by Crippen LogP contribution is 2.32. The van der Waals surface area contributed by atoms with Crippen LogP contribution in [-0.2, 0) is 0 Å².